The number of aromatic nitrogens is 2. The Kier molecular flexibility index (Phi) is 4.68. The number of piperazine rings is 1. The number of benzene rings is 1. The average molecular weight is 333 g/mol. The topological polar surface area (TPSA) is 41.4 Å². The van der Waals surface area contributed by atoms with Gasteiger partial charge in [0.05, 0.1) is 5.69 Å². The van der Waals surface area contributed by atoms with Gasteiger partial charge >= 0.3 is 0 Å². The number of carbonyl (C=O) groups excluding carboxylic acids is 1. The first kappa shape index (κ1) is 16.0. The van der Waals surface area contributed by atoms with Gasteiger partial charge in [0.15, 0.2) is 0 Å². The van der Waals surface area contributed by atoms with Crippen LogP contribution in [0.2, 0.25) is 5.15 Å². The molecule has 0 N–H and O–H groups in total. The van der Waals surface area contributed by atoms with Gasteiger partial charge < -0.3 is 4.90 Å². The minimum atomic E-state index is 0.112. The van der Waals surface area contributed by atoms with Gasteiger partial charge in [-0.25, -0.2) is 0 Å². The minimum Gasteiger partial charge on any atom is -0.336 e. The maximum Gasteiger partial charge on any atom is 0.253 e. The summed E-state index contributed by atoms with van der Waals surface area (Å²) in [6.45, 7) is 5.95. The van der Waals surface area contributed by atoms with Crippen LogP contribution in [0, 0.1) is 6.92 Å². The van der Waals surface area contributed by atoms with Crippen molar-refractivity contribution >= 4 is 17.5 Å². The Labute approximate surface area is 141 Å². The molecular weight excluding hydrogens is 312 g/mol. The Bertz CT molecular complexity index is 690. The van der Waals surface area contributed by atoms with Crippen molar-refractivity contribution in [3.63, 3.8) is 0 Å². The smallest absolute Gasteiger partial charge is 0.253 e. The number of aryl methyl sites for hydroxylation is 2. The Morgan fingerprint density at radius 1 is 1.17 bits per heavy atom. The van der Waals surface area contributed by atoms with Gasteiger partial charge in [0.25, 0.3) is 5.91 Å². The third kappa shape index (κ3) is 3.41. The lowest BCUT2D eigenvalue weighted by molar-refractivity contribution is 0.0628. The molecule has 122 valence electrons. The third-order valence-corrected chi connectivity index (χ3v) is 4.80. The van der Waals surface area contributed by atoms with Gasteiger partial charge in [0, 0.05) is 50.9 Å². The number of amides is 1. The number of hydrogen-bond acceptors (Lipinski definition) is 3. The van der Waals surface area contributed by atoms with Crippen LogP contribution in [0.15, 0.2) is 30.3 Å². The van der Waals surface area contributed by atoms with Crippen LogP contribution in [0.25, 0.3) is 0 Å². The van der Waals surface area contributed by atoms with E-state index in [9.17, 15) is 4.79 Å². The summed E-state index contributed by atoms with van der Waals surface area (Å²) in [5.41, 5.74) is 2.81. The molecule has 1 aliphatic heterocycles. The monoisotopic (exact) mass is 332 g/mol. The normalized spacial score (nSPS) is 15.9. The molecule has 0 spiro atoms. The molecule has 1 aliphatic rings. The summed E-state index contributed by atoms with van der Waals surface area (Å²) in [5.74, 6) is 0.112. The summed E-state index contributed by atoms with van der Waals surface area (Å²) in [7, 11) is 1.86. The summed E-state index contributed by atoms with van der Waals surface area (Å²) >= 11 is 6.30. The lowest BCUT2D eigenvalue weighted by Crippen LogP contribution is -2.48. The van der Waals surface area contributed by atoms with Crippen LogP contribution >= 0.6 is 11.6 Å². The molecule has 3 rings (SSSR count). The third-order valence-electron chi connectivity index (χ3n) is 4.33. The lowest BCUT2D eigenvalue weighted by atomic mass is 10.1. The van der Waals surface area contributed by atoms with Crippen LogP contribution in [0.5, 0.6) is 0 Å². The number of hydrogen-bond donors (Lipinski definition) is 0. The van der Waals surface area contributed by atoms with Gasteiger partial charge in [0.2, 0.25) is 0 Å². The molecule has 1 aromatic heterocycles. The number of nitrogens with zero attached hydrogens (tertiary/aromatic N) is 4. The zero-order valence-electron chi connectivity index (χ0n) is 13.5. The fourth-order valence-electron chi connectivity index (χ4n) is 2.95. The van der Waals surface area contributed by atoms with Crippen molar-refractivity contribution in [2.75, 3.05) is 26.2 Å². The molecule has 0 bridgehead atoms. The summed E-state index contributed by atoms with van der Waals surface area (Å²) in [5, 5.41) is 5.05. The molecule has 0 saturated carbocycles. The van der Waals surface area contributed by atoms with E-state index in [1.165, 1.54) is 0 Å². The van der Waals surface area contributed by atoms with E-state index in [2.05, 4.69) is 10.00 Å². The molecular formula is C17H21ClN4O. The first-order valence-electron chi connectivity index (χ1n) is 7.81. The number of rotatable bonds is 3. The fraction of sp³-hybridized carbons (Fsp3) is 0.412. The predicted molar refractivity (Wildman–Crippen MR) is 90.6 cm³/mol. The van der Waals surface area contributed by atoms with Crippen molar-refractivity contribution < 1.29 is 4.79 Å². The molecule has 6 heteroatoms. The summed E-state index contributed by atoms with van der Waals surface area (Å²) in [4.78, 5) is 16.7. The van der Waals surface area contributed by atoms with Gasteiger partial charge in [-0.15, -0.1) is 0 Å². The molecule has 0 radical (unpaired) electrons. The molecule has 1 saturated heterocycles. The van der Waals surface area contributed by atoms with E-state index in [4.69, 9.17) is 11.6 Å². The van der Waals surface area contributed by atoms with Crippen LogP contribution in [0.3, 0.4) is 0 Å². The zero-order valence-corrected chi connectivity index (χ0v) is 14.3. The second-order valence-electron chi connectivity index (χ2n) is 5.91. The summed E-state index contributed by atoms with van der Waals surface area (Å²) < 4.78 is 1.71. The Balaban J connectivity index is 1.59. The van der Waals surface area contributed by atoms with E-state index < -0.39 is 0 Å². The van der Waals surface area contributed by atoms with Crippen molar-refractivity contribution in [2.45, 2.75) is 13.5 Å². The SMILES string of the molecule is Cc1nn(C)c(Cl)c1CN1CCN(C(=O)c2ccccc2)CC1. The molecule has 1 fully saturated rings. The van der Waals surface area contributed by atoms with Crippen molar-refractivity contribution in [1.29, 1.82) is 0 Å². The van der Waals surface area contributed by atoms with Crippen molar-refractivity contribution in [3.8, 4) is 0 Å². The Morgan fingerprint density at radius 3 is 2.39 bits per heavy atom. The van der Waals surface area contributed by atoms with Crippen LogP contribution in [0.1, 0.15) is 21.6 Å². The molecule has 1 aromatic carbocycles. The molecule has 23 heavy (non-hydrogen) atoms. The highest BCUT2D eigenvalue weighted by Gasteiger charge is 2.23. The van der Waals surface area contributed by atoms with Crippen molar-refractivity contribution in [3.05, 3.63) is 52.3 Å². The molecule has 2 aromatic rings. The molecule has 1 amide bonds. The quantitative estimate of drug-likeness (QED) is 0.866. The zero-order chi connectivity index (χ0) is 16.4. The van der Waals surface area contributed by atoms with Gasteiger partial charge in [-0.1, -0.05) is 29.8 Å². The van der Waals surface area contributed by atoms with Crippen molar-refractivity contribution in [2.24, 2.45) is 7.05 Å². The molecule has 0 aliphatic carbocycles. The lowest BCUT2D eigenvalue weighted by Gasteiger charge is -2.34. The Morgan fingerprint density at radius 2 is 1.83 bits per heavy atom. The van der Waals surface area contributed by atoms with E-state index in [0.29, 0.717) is 5.15 Å². The largest absolute Gasteiger partial charge is 0.336 e. The second-order valence-corrected chi connectivity index (χ2v) is 6.27. The van der Waals surface area contributed by atoms with E-state index in [0.717, 1.165) is 49.5 Å². The maximum atomic E-state index is 12.4. The van der Waals surface area contributed by atoms with Gasteiger partial charge in [-0.3, -0.25) is 14.4 Å². The van der Waals surface area contributed by atoms with Gasteiger partial charge in [-0.2, -0.15) is 5.10 Å². The fourth-order valence-corrected chi connectivity index (χ4v) is 3.18. The highest BCUT2D eigenvalue weighted by Crippen LogP contribution is 2.21. The van der Waals surface area contributed by atoms with Gasteiger partial charge in [-0.05, 0) is 19.1 Å². The first-order valence-corrected chi connectivity index (χ1v) is 8.18. The molecule has 5 nitrogen and oxygen atoms in total. The van der Waals surface area contributed by atoms with E-state index in [-0.39, 0.29) is 5.91 Å². The van der Waals surface area contributed by atoms with Gasteiger partial charge in [0.1, 0.15) is 5.15 Å². The Hall–Kier alpha value is -1.85. The van der Waals surface area contributed by atoms with Crippen molar-refractivity contribution in [1.82, 2.24) is 19.6 Å². The van der Waals surface area contributed by atoms with Crippen LogP contribution in [-0.4, -0.2) is 51.7 Å². The molecule has 0 unspecified atom stereocenters. The average Bonchev–Trinajstić information content (AvgIpc) is 2.82. The first-order chi connectivity index (χ1) is 11.1. The predicted octanol–water partition coefficient (Wildman–Crippen LogP) is 2.34. The van der Waals surface area contributed by atoms with E-state index in [1.54, 1.807) is 4.68 Å². The second kappa shape index (κ2) is 6.72. The highest BCUT2D eigenvalue weighted by molar-refractivity contribution is 6.30. The molecule has 2 heterocycles. The van der Waals surface area contributed by atoms with Crippen LogP contribution in [-0.2, 0) is 13.6 Å². The number of halogens is 1. The minimum absolute atomic E-state index is 0.112. The summed E-state index contributed by atoms with van der Waals surface area (Å²) in [6.07, 6.45) is 0. The standard InChI is InChI=1S/C17H21ClN4O/c1-13-15(16(18)20(2)19-13)12-21-8-10-22(11-9-21)17(23)14-6-4-3-5-7-14/h3-7H,8-12H2,1-2H3. The van der Waals surface area contributed by atoms with E-state index in [1.807, 2.05) is 49.2 Å². The number of carbonyl (C=O) groups is 1. The molecule has 0 atom stereocenters. The van der Waals surface area contributed by atoms with Crippen LogP contribution < -0.4 is 0 Å². The summed E-state index contributed by atoms with van der Waals surface area (Å²) in [6, 6.07) is 9.46. The maximum absolute atomic E-state index is 12.4. The highest BCUT2D eigenvalue weighted by atomic mass is 35.5. The van der Waals surface area contributed by atoms with Crippen LogP contribution in [0.4, 0.5) is 0 Å². The van der Waals surface area contributed by atoms with E-state index >= 15 is 0 Å².